The number of hydrogen-bond donors (Lipinski definition) is 2. The first-order valence-electron chi connectivity index (χ1n) is 7.54. The van der Waals surface area contributed by atoms with Crippen LogP contribution in [0.4, 0.5) is 0 Å². The first kappa shape index (κ1) is 14.1. The zero-order chi connectivity index (χ0) is 15.1. The highest BCUT2D eigenvalue weighted by Crippen LogP contribution is 2.39. The zero-order valence-electron chi connectivity index (χ0n) is 12.0. The minimum atomic E-state index is 0.280. The molecule has 0 aliphatic carbocycles. The molecule has 0 saturated heterocycles. The number of nitrogens with one attached hydrogen (secondary N) is 1. The van der Waals surface area contributed by atoms with Gasteiger partial charge < -0.3 is 10.3 Å². The number of quaternary nitrogens is 1. The maximum absolute atomic E-state index is 6.46. The van der Waals surface area contributed by atoms with Gasteiger partial charge in [-0.3, -0.25) is 0 Å². The first-order valence-corrected chi connectivity index (χ1v) is 8.45. The Morgan fingerprint density at radius 2 is 1.86 bits per heavy atom. The molecule has 0 radical (unpaired) electrons. The molecule has 0 spiro atoms. The summed E-state index contributed by atoms with van der Waals surface area (Å²) in [6.07, 6.45) is 0. The highest BCUT2D eigenvalue weighted by molar-refractivity contribution is 6.31. The van der Waals surface area contributed by atoms with E-state index in [1.165, 1.54) is 27.7 Å². The molecule has 1 aliphatic rings. The topological polar surface area (TPSA) is 32.4 Å². The second-order valence-electron chi connectivity index (χ2n) is 5.80. The second kappa shape index (κ2) is 5.62. The van der Waals surface area contributed by atoms with E-state index in [2.05, 4.69) is 46.7 Å². The number of para-hydroxylation sites is 1. The Kier molecular flexibility index (Phi) is 3.61. The number of H-pyrrole nitrogens is 1. The lowest BCUT2D eigenvalue weighted by Crippen LogP contribution is -2.88. The maximum atomic E-state index is 6.46. The SMILES string of the molecule is ClC[C@@H]1[NH2+]C[C@H](c2ccccc2Cl)c2c1[nH]c1ccccc21. The normalized spacial score (nSPS) is 21.0. The van der Waals surface area contributed by atoms with Crippen molar-refractivity contribution in [3.8, 4) is 0 Å². The van der Waals surface area contributed by atoms with Crippen LogP contribution in [0.1, 0.15) is 28.8 Å². The average molecular weight is 332 g/mol. The third-order valence-electron chi connectivity index (χ3n) is 4.60. The van der Waals surface area contributed by atoms with Crippen LogP contribution in [0, 0.1) is 0 Å². The van der Waals surface area contributed by atoms with Gasteiger partial charge in [0.2, 0.25) is 0 Å². The molecule has 112 valence electrons. The fourth-order valence-electron chi connectivity index (χ4n) is 3.57. The predicted molar refractivity (Wildman–Crippen MR) is 91.8 cm³/mol. The predicted octanol–water partition coefficient (Wildman–Crippen LogP) is 3.81. The molecule has 0 amide bonds. The third kappa shape index (κ3) is 2.14. The highest BCUT2D eigenvalue weighted by Gasteiger charge is 2.34. The van der Waals surface area contributed by atoms with Crippen molar-refractivity contribution in [2.45, 2.75) is 12.0 Å². The molecule has 3 aromatic rings. The number of halogens is 2. The summed E-state index contributed by atoms with van der Waals surface area (Å²) in [5, 5.41) is 4.44. The van der Waals surface area contributed by atoms with Crippen LogP contribution < -0.4 is 5.32 Å². The van der Waals surface area contributed by atoms with Crippen molar-refractivity contribution in [1.82, 2.24) is 4.98 Å². The molecule has 2 atom stereocenters. The number of benzene rings is 2. The van der Waals surface area contributed by atoms with Crippen LogP contribution in [-0.4, -0.2) is 17.4 Å². The van der Waals surface area contributed by atoms with E-state index in [-0.39, 0.29) is 6.04 Å². The van der Waals surface area contributed by atoms with Gasteiger partial charge in [-0.25, -0.2) is 0 Å². The van der Waals surface area contributed by atoms with E-state index in [9.17, 15) is 0 Å². The lowest BCUT2D eigenvalue weighted by Gasteiger charge is -2.27. The standard InChI is InChI=1S/C18H16Cl2N2/c19-9-16-18-17(12-6-2-4-8-15(12)22-18)13(10-21-16)11-5-1-3-7-14(11)20/h1-8,13,16,21-22H,9-10H2/p+1/t13-,16+/m1/s1. The number of fused-ring (bicyclic) bond motifs is 3. The van der Waals surface area contributed by atoms with Crippen LogP contribution in [-0.2, 0) is 0 Å². The number of alkyl halides is 1. The molecular weight excluding hydrogens is 315 g/mol. The van der Waals surface area contributed by atoms with Crippen molar-refractivity contribution in [3.05, 3.63) is 70.4 Å². The average Bonchev–Trinajstić information content (AvgIpc) is 2.94. The second-order valence-corrected chi connectivity index (χ2v) is 6.52. The molecule has 0 bridgehead atoms. The third-order valence-corrected chi connectivity index (χ3v) is 5.28. The number of aromatic nitrogens is 1. The molecule has 0 fully saturated rings. The van der Waals surface area contributed by atoms with Crippen LogP contribution in [0.25, 0.3) is 10.9 Å². The summed E-state index contributed by atoms with van der Waals surface area (Å²) < 4.78 is 0. The molecule has 0 saturated carbocycles. The summed E-state index contributed by atoms with van der Waals surface area (Å²) in [4.78, 5) is 3.58. The molecule has 4 rings (SSSR count). The van der Waals surface area contributed by atoms with Crippen molar-refractivity contribution in [2.24, 2.45) is 0 Å². The largest absolute Gasteiger partial charge is 0.353 e. The Morgan fingerprint density at radius 3 is 2.68 bits per heavy atom. The molecule has 2 heterocycles. The minimum Gasteiger partial charge on any atom is -0.353 e. The summed E-state index contributed by atoms with van der Waals surface area (Å²) in [7, 11) is 0. The first-order chi connectivity index (χ1) is 10.8. The van der Waals surface area contributed by atoms with Gasteiger partial charge in [-0.05, 0) is 17.7 Å². The summed E-state index contributed by atoms with van der Waals surface area (Å²) >= 11 is 12.6. The smallest absolute Gasteiger partial charge is 0.140 e. The molecule has 22 heavy (non-hydrogen) atoms. The Hall–Kier alpha value is -1.48. The van der Waals surface area contributed by atoms with Crippen molar-refractivity contribution in [3.63, 3.8) is 0 Å². The summed E-state index contributed by atoms with van der Waals surface area (Å²) in [5.74, 6) is 0.897. The fourth-order valence-corrected chi connectivity index (χ4v) is 4.12. The number of aromatic amines is 1. The van der Waals surface area contributed by atoms with E-state index < -0.39 is 0 Å². The van der Waals surface area contributed by atoms with Crippen LogP contribution in [0.5, 0.6) is 0 Å². The van der Waals surface area contributed by atoms with Crippen LogP contribution in [0.2, 0.25) is 5.02 Å². The Balaban J connectivity index is 1.96. The van der Waals surface area contributed by atoms with Gasteiger partial charge in [-0.1, -0.05) is 48.0 Å². The van der Waals surface area contributed by atoms with Gasteiger partial charge >= 0.3 is 0 Å². The van der Waals surface area contributed by atoms with E-state index >= 15 is 0 Å². The molecule has 2 aromatic carbocycles. The summed E-state index contributed by atoms with van der Waals surface area (Å²) in [5.41, 5.74) is 4.97. The van der Waals surface area contributed by atoms with Gasteiger partial charge in [-0.15, -0.1) is 11.6 Å². The van der Waals surface area contributed by atoms with E-state index in [4.69, 9.17) is 23.2 Å². The zero-order valence-corrected chi connectivity index (χ0v) is 13.5. The molecule has 1 aliphatic heterocycles. The molecular formula is C18H17Cl2N2+. The summed E-state index contributed by atoms with van der Waals surface area (Å²) in [6, 6.07) is 16.9. The fraction of sp³-hybridized carbons (Fsp3) is 0.222. The number of hydrogen-bond acceptors (Lipinski definition) is 0. The van der Waals surface area contributed by atoms with Gasteiger partial charge in [0.1, 0.15) is 6.04 Å². The lowest BCUT2D eigenvalue weighted by atomic mass is 9.85. The van der Waals surface area contributed by atoms with Crippen molar-refractivity contribution < 1.29 is 5.32 Å². The van der Waals surface area contributed by atoms with Crippen molar-refractivity contribution in [2.75, 3.05) is 12.4 Å². The highest BCUT2D eigenvalue weighted by atomic mass is 35.5. The number of nitrogens with two attached hydrogens (primary N) is 1. The molecule has 2 nitrogen and oxygen atoms in total. The van der Waals surface area contributed by atoms with Crippen LogP contribution in [0.3, 0.4) is 0 Å². The van der Waals surface area contributed by atoms with Crippen LogP contribution >= 0.6 is 23.2 Å². The van der Waals surface area contributed by atoms with Crippen LogP contribution in [0.15, 0.2) is 48.5 Å². The molecule has 4 heteroatoms. The molecule has 3 N–H and O–H groups in total. The Bertz CT molecular complexity index is 825. The van der Waals surface area contributed by atoms with E-state index in [1.807, 2.05) is 12.1 Å². The quantitative estimate of drug-likeness (QED) is 0.669. The Labute approximate surface area is 139 Å². The van der Waals surface area contributed by atoms with Gasteiger partial charge in [0.05, 0.1) is 24.0 Å². The van der Waals surface area contributed by atoms with Gasteiger partial charge in [0, 0.05) is 21.5 Å². The molecule has 0 unspecified atom stereocenters. The Morgan fingerprint density at radius 1 is 1.09 bits per heavy atom. The molecule has 1 aromatic heterocycles. The van der Waals surface area contributed by atoms with Gasteiger partial charge in [0.25, 0.3) is 0 Å². The lowest BCUT2D eigenvalue weighted by molar-refractivity contribution is -0.697. The minimum absolute atomic E-state index is 0.280. The van der Waals surface area contributed by atoms with Crippen molar-refractivity contribution >= 4 is 34.1 Å². The van der Waals surface area contributed by atoms with Gasteiger partial charge in [0.15, 0.2) is 0 Å². The van der Waals surface area contributed by atoms with Gasteiger partial charge in [-0.2, -0.15) is 0 Å². The number of rotatable bonds is 2. The maximum Gasteiger partial charge on any atom is 0.140 e. The van der Waals surface area contributed by atoms with E-state index in [0.29, 0.717) is 11.8 Å². The van der Waals surface area contributed by atoms with E-state index in [0.717, 1.165) is 11.6 Å². The summed E-state index contributed by atoms with van der Waals surface area (Å²) in [6.45, 7) is 0.968. The monoisotopic (exact) mass is 331 g/mol. The van der Waals surface area contributed by atoms with Crippen molar-refractivity contribution in [1.29, 1.82) is 0 Å². The van der Waals surface area contributed by atoms with E-state index in [1.54, 1.807) is 0 Å².